The summed E-state index contributed by atoms with van der Waals surface area (Å²) in [7, 11) is 0. The minimum absolute atomic E-state index is 0.516. The fourth-order valence-electron chi connectivity index (χ4n) is 3.11. The number of aromatic amines is 2. The second-order valence-electron chi connectivity index (χ2n) is 6.14. The Hall–Kier alpha value is -1.77. The van der Waals surface area contributed by atoms with Gasteiger partial charge in [0.25, 0.3) is 0 Å². The molecule has 21 heavy (non-hydrogen) atoms. The van der Waals surface area contributed by atoms with Crippen LogP contribution in [0, 0.1) is 6.92 Å². The number of aliphatic imine (C=N–C) groups is 1. The summed E-state index contributed by atoms with van der Waals surface area (Å²) in [6.45, 7) is 2.14. The van der Waals surface area contributed by atoms with Gasteiger partial charge in [0.2, 0.25) is 0 Å². The van der Waals surface area contributed by atoms with Gasteiger partial charge in [-0.2, -0.15) is 0 Å². The average Bonchev–Trinajstić information content (AvgIpc) is 3.07. The maximum absolute atomic E-state index is 4.84. The van der Waals surface area contributed by atoms with Gasteiger partial charge in [0, 0.05) is 12.4 Å². The molecule has 3 nitrogen and oxygen atoms in total. The molecule has 2 heterocycles. The van der Waals surface area contributed by atoms with Crippen molar-refractivity contribution in [1.82, 2.24) is 9.97 Å². The number of hydrogen-bond acceptors (Lipinski definition) is 1. The van der Waals surface area contributed by atoms with Crippen molar-refractivity contribution < 1.29 is 0 Å². The van der Waals surface area contributed by atoms with Gasteiger partial charge in [-0.25, -0.2) is 0 Å². The number of nitrogens with one attached hydrogen (secondary N) is 2. The summed E-state index contributed by atoms with van der Waals surface area (Å²) >= 11 is 0. The lowest BCUT2D eigenvalue weighted by Crippen LogP contribution is -2.07. The largest absolute Gasteiger partial charge is 0.360 e. The van der Waals surface area contributed by atoms with Crippen molar-refractivity contribution in [1.29, 1.82) is 0 Å². The van der Waals surface area contributed by atoms with Crippen LogP contribution in [0.15, 0.2) is 29.4 Å². The highest BCUT2D eigenvalue weighted by Crippen LogP contribution is 2.21. The van der Waals surface area contributed by atoms with Crippen molar-refractivity contribution in [2.75, 3.05) is 0 Å². The third kappa shape index (κ3) is 3.66. The lowest BCUT2D eigenvalue weighted by Gasteiger charge is -2.15. The number of aromatic nitrogens is 2. The zero-order valence-corrected chi connectivity index (χ0v) is 12.9. The zero-order chi connectivity index (χ0) is 14.5. The average molecular weight is 283 g/mol. The van der Waals surface area contributed by atoms with E-state index < -0.39 is 0 Å². The Labute approximate surface area is 126 Å². The van der Waals surface area contributed by atoms with Crippen LogP contribution in [0.5, 0.6) is 0 Å². The van der Waals surface area contributed by atoms with E-state index in [9.17, 15) is 0 Å². The van der Waals surface area contributed by atoms with E-state index >= 15 is 0 Å². The standard InChI is InChI=1S/C18H25N3/c1-14-12-17(16-10-7-11-19-16)21-18(14)13-20-15-8-5-3-2-4-6-9-15/h7,10-13,15,19,21H,2-6,8-9H2,1H3. The van der Waals surface area contributed by atoms with E-state index in [-0.39, 0.29) is 0 Å². The molecule has 0 aromatic carbocycles. The van der Waals surface area contributed by atoms with E-state index in [1.807, 2.05) is 18.5 Å². The molecule has 1 aliphatic carbocycles. The van der Waals surface area contributed by atoms with Crippen LogP contribution in [-0.4, -0.2) is 22.2 Å². The maximum atomic E-state index is 4.84. The molecule has 3 rings (SSSR count). The van der Waals surface area contributed by atoms with Crippen LogP contribution in [0.1, 0.15) is 56.2 Å². The van der Waals surface area contributed by atoms with Gasteiger partial charge in [-0.15, -0.1) is 0 Å². The summed E-state index contributed by atoms with van der Waals surface area (Å²) < 4.78 is 0. The van der Waals surface area contributed by atoms with Crippen molar-refractivity contribution in [2.45, 2.75) is 57.9 Å². The van der Waals surface area contributed by atoms with Crippen LogP contribution in [0.2, 0.25) is 0 Å². The first-order chi connectivity index (χ1) is 10.3. The van der Waals surface area contributed by atoms with Gasteiger partial charge in [0.1, 0.15) is 0 Å². The van der Waals surface area contributed by atoms with Crippen LogP contribution in [0.3, 0.4) is 0 Å². The Morgan fingerprint density at radius 2 is 1.86 bits per heavy atom. The maximum Gasteiger partial charge on any atom is 0.0627 e. The molecule has 2 aromatic rings. The van der Waals surface area contributed by atoms with Crippen LogP contribution in [-0.2, 0) is 0 Å². The summed E-state index contributed by atoms with van der Waals surface area (Å²) in [5.74, 6) is 0. The number of aryl methyl sites for hydroxylation is 1. The second kappa shape index (κ2) is 6.79. The molecule has 0 amide bonds. The van der Waals surface area contributed by atoms with E-state index in [1.54, 1.807) is 0 Å². The van der Waals surface area contributed by atoms with Crippen LogP contribution < -0.4 is 0 Å². The number of nitrogens with zero attached hydrogens (tertiary/aromatic N) is 1. The fraction of sp³-hybridized carbons (Fsp3) is 0.500. The number of H-pyrrole nitrogens is 2. The third-order valence-electron chi connectivity index (χ3n) is 4.43. The van der Waals surface area contributed by atoms with Crippen molar-refractivity contribution in [3.8, 4) is 11.4 Å². The number of rotatable bonds is 3. The van der Waals surface area contributed by atoms with E-state index in [4.69, 9.17) is 4.99 Å². The minimum atomic E-state index is 0.516. The molecule has 1 saturated carbocycles. The molecule has 0 atom stereocenters. The topological polar surface area (TPSA) is 43.9 Å². The Morgan fingerprint density at radius 1 is 1.10 bits per heavy atom. The van der Waals surface area contributed by atoms with Crippen molar-refractivity contribution in [2.24, 2.45) is 4.99 Å². The first-order valence-corrected chi connectivity index (χ1v) is 8.19. The predicted molar refractivity (Wildman–Crippen MR) is 89.0 cm³/mol. The molecule has 0 unspecified atom stereocenters. The van der Waals surface area contributed by atoms with Gasteiger partial charge in [0.05, 0.1) is 23.1 Å². The Balaban J connectivity index is 1.70. The molecular formula is C18H25N3. The van der Waals surface area contributed by atoms with E-state index in [0.29, 0.717) is 6.04 Å². The summed E-state index contributed by atoms with van der Waals surface area (Å²) in [5, 5.41) is 0. The molecule has 112 valence electrons. The van der Waals surface area contributed by atoms with E-state index in [1.165, 1.54) is 50.5 Å². The van der Waals surface area contributed by atoms with E-state index in [0.717, 1.165) is 17.1 Å². The molecule has 0 bridgehead atoms. The second-order valence-corrected chi connectivity index (χ2v) is 6.14. The lowest BCUT2D eigenvalue weighted by atomic mass is 9.97. The first-order valence-electron chi connectivity index (χ1n) is 8.19. The highest BCUT2D eigenvalue weighted by atomic mass is 14.8. The molecule has 0 radical (unpaired) electrons. The predicted octanol–water partition coefficient (Wildman–Crippen LogP) is 4.85. The van der Waals surface area contributed by atoms with E-state index in [2.05, 4.69) is 29.0 Å². The van der Waals surface area contributed by atoms with Gasteiger partial charge >= 0.3 is 0 Å². The van der Waals surface area contributed by atoms with Crippen molar-refractivity contribution in [3.05, 3.63) is 35.7 Å². The van der Waals surface area contributed by atoms with Gasteiger partial charge in [-0.3, -0.25) is 4.99 Å². The lowest BCUT2D eigenvalue weighted by molar-refractivity contribution is 0.456. The molecule has 3 heteroatoms. The van der Waals surface area contributed by atoms with Gasteiger partial charge < -0.3 is 9.97 Å². The number of hydrogen-bond donors (Lipinski definition) is 2. The molecule has 1 fully saturated rings. The fourth-order valence-corrected chi connectivity index (χ4v) is 3.11. The van der Waals surface area contributed by atoms with Crippen molar-refractivity contribution >= 4 is 6.21 Å². The summed E-state index contributed by atoms with van der Waals surface area (Å²) in [6, 6.07) is 6.81. The monoisotopic (exact) mass is 283 g/mol. The molecule has 0 spiro atoms. The van der Waals surface area contributed by atoms with Crippen LogP contribution >= 0.6 is 0 Å². The SMILES string of the molecule is Cc1cc(-c2ccc[nH]2)[nH]c1C=NC1CCCCCCC1. The summed E-state index contributed by atoms with van der Waals surface area (Å²) in [5.41, 5.74) is 4.66. The normalized spacial score (nSPS) is 18.0. The summed E-state index contributed by atoms with van der Waals surface area (Å²) in [6.07, 6.45) is 13.3. The molecule has 0 aliphatic heterocycles. The van der Waals surface area contributed by atoms with Gasteiger partial charge in [-0.1, -0.05) is 32.1 Å². The molecule has 1 aliphatic rings. The van der Waals surface area contributed by atoms with Gasteiger partial charge in [-0.05, 0) is 43.5 Å². The quantitative estimate of drug-likeness (QED) is 0.756. The molecule has 0 saturated heterocycles. The smallest absolute Gasteiger partial charge is 0.0627 e. The minimum Gasteiger partial charge on any atom is -0.360 e. The Morgan fingerprint density at radius 3 is 2.57 bits per heavy atom. The first kappa shape index (κ1) is 14.2. The highest BCUT2D eigenvalue weighted by molar-refractivity contribution is 5.81. The highest BCUT2D eigenvalue weighted by Gasteiger charge is 2.10. The molecule has 2 N–H and O–H groups in total. The molecule has 2 aromatic heterocycles. The van der Waals surface area contributed by atoms with Crippen LogP contribution in [0.25, 0.3) is 11.4 Å². The Kier molecular flexibility index (Phi) is 4.59. The zero-order valence-electron chi connectivity index (χ0n) is 12.9. The summed E-state index contributed by atoms with van der Waals surface area (Å²) in [4.78, 5) is 11.6. The Bertz CT molecular complexity index is 570. The van der Waals surface area contributed by atoms with Crippen LogP contribution in [0.4, 0.5) is 0 Å². The van der Waals surface area contributed by atoms with Crippen molar-refractivity contribution in [3.63, 3.8) is 0 Å². The molecular weight excluding hydrogens is 258 g/mol. The third-order valence-corrected chi connectivity index (χ3v) is 4.43. The van der Waals surface area contributed by atoms with Gasteiger partial charge in [0.15, 0.2) is 0 Å².